The Hall–Kier alpha value is -0.760. The van der Waals surface area contributed by atoms with Gasteiger partial charge in [-0.1, -0.05) is 6.08 Å². The summed E-state index contributed by atoms with van der Waals surface area (Å²) in [4.78, 5) is 0. The van der Waals surface area contributed by atoms with Crippen LogP contribution < -0.4 is 5.73 Å². The van der Waals surface area contributed by atoms with Crippen molar-refractivity contribution in [2.45, 2.75) is 19.4 Å². The van der Waals surface area contributed by atoms with E-state index in [1.807, 2.05) is 19.1 Å². The Morgan fingerprint density at radius 1 is 1.67 bits per heavy atom. The standard InChI is InChI=1S/C7H11NO/c1-5-2-3-6(8)4-7(5)9/h2-3,7,9H,4,8H2,1H3. The van der Waals surface area contributed by atoms with Crippen LogP contribution in [0.25, 0.3) is 0 Å². The number of nitrogens with two attached hydrogens (primary N) is 1. The quantitative estimate of drug-likeness (QED) is 0.496. The molecule has 0 bridgehead atoms. The van der Waals surface area contributed by atoms with Gasteiger partial charge in [0, 0.05) is 12.1 Å². The number of aliphatic hydroxyl groups excluding tert-OH is 1. The van der Waals surface area contributed by atoms with Crippen LogP contribution in [0.2, 0.25) is 0 Å². The molecule has 0 radical (unpaired) electrons. The van der Waals surface area contributed by atoms with E-state index in [9.17, 15) is 0 Å². The summed E-state index contributed by atoms with van der Waals surface area (Å²) in [6.07, 6.45) is 3.92. The Labute approximate surface area is 54.7 Å². The molecule has 0 aromatic rings. The zero-order chi connectivity index (χ0) is 6.85. The lowest BCUT2D eigenvalue weighted by Gasteiger charge is -2.14. The normalized spacial score (nSPS) is 27.1. The zero-order valence-corrected chi connectivity index (χ0v) is 5.46. The predicted octanol–water partition coefficient (Wildman–Crippen LogP) is 0.540. The molecule has 1 unspecified atom stereocenters. The molecule has 0 saturated heterocycles. The van der Waals surface area contributed by atoms with Crippen molar-refractivity contribution < 1.29 is 5.11 Å². The Kier molecular flexibility index (Phi) is 1.58. The molecule has 2 heteroatoms. The van der Waals surface area contributed by atoms with Crippen molar-refractivity contribution in [1.82, 2.24) is 0 Å². The molecule has 0 aromatic heterocycles. The van der Waals surface area contributed by atoms with E-state index >= 15 is 0 Å². The van der Waals surface area contributed by atoms with Crippen LogP contribution in [0.1, 0.15) is 13.3 Å². The van der Waals surface area contributed by atoms with Gasteiger partial charge >= 0.3 is 0 Å². The molecule has 0 amide bonds. The molecule has 3 N–H and O–H groups in total. The molecule has 1 atom stereocenters. The fourth-order valence-electron chi connectivity index (χ4n) is 0.802. The molecule has 1 aliphatic carbocycles. The predicted molar refractivity (Wildman–Crippen MR) is 36.7 cm³/mol. The third-order valence-electron chi connectivity index (χ3n) is 1.51. The number of hydrogen-bond donors (Lipinski definition) is 2. The zero-order valence-electron chi connectivity index (χ0n) is 5.46. The van der Waals surface area contributed by atoms with E-state index in [0.29, 0.717) is 6.42 Å². The lowest BCUT2D eigenvalue weighted by molar-refractivity contribution is 0.209. The van der Waals surface area contributed by atoms with E-state index in [4.69, 9.17) is 10.8 Å². The second-order valence-electron chi connectivity index (χ2n) is 2.37. The third-order valence-corrected chi connectivity index (χ3v) is 1.51. The van der Waals surface area contributed by atoms with Crippen molar-refractivity contribution in [3.63, 3.8) is 0 Å². The van der Waals surface area contributed by atoms with E-state index < -0.39 is 0 Å². The Balaban J connectivity index is 2.74. The van der Waals surface area contributed by atoms with Crippen molar-refractivity contribution in [3.8, 4) is 0 Å². The van der Waals surface area contributed by atoms with Gasteiger partial charge in [0.1, 0.15) is 0 Å². The molecule has 0 saturated carbocycles. The Morgan fingerprint density at radius 2 is 2.33 bits per heavy atom. The van der Waals surface area contributed by atoms with Crippen molar-refractivity contribution in [3.05, 3.63) is 23.4 Å². The van der Waals surface area contributed by atoms with Crippen LogP contribution in [0.15, 0.2) is 23.4 Å². The third kappa shape index (κ3) is 1.33. The van der Waals surface area contributed by atoms with Crippen molar-refractivity contribution in [2.75, 3.05) is 0 Å². The number of allylic oxidation sites excluding steroid dienone is 2. The molecule has 50 valence electrons. The van der Waals surface area contributed by atoms with E-state index in [1.165, 1.54) is 0 Å². The first-order valence-electron chi connectivity index (χ1n) is 3.01. The molecule has 0 spiro atoms. The lowest BCUT2D eigenvalue weighted by Crippen LogP contribution is -2.15. The summed E-state index contributed by atoms with van der Waals surface area (Å²) in [5.41, 5.74) is 7.19. The monoisotopic (exact) mass is 125 g/mol. The Morgan fingerprint density at radius 3 is 2.78 bits per heavy atom. The van der Waals surface area contributed by atoms with Crippen molar-refractivity contribution in [1.29, 1.82) is 0 Å². The fraction of sp³-hybridized carbons (Fsp3) is 0.429. The van der Waals surface area contributed by atoms with Gasteiger partial charge < -0.3 is 10.8 Å². The van der Waals surface area contributed by atoms with Gasteiger partial charge in [-0.2, -0.15) is 0 Å². The lowest BCUT2D eigenvalue weighted by atomic mass is 10.0. The summed E-state index contributed by atoms with van der Waals surface area (Å²) in [6, 6.07) is 0. The van der Waals surface area contributed by atoms with Gasteiger partial charge in [-0.25, -0.2) is 0 Å². The van der Waals surface area contributed by atoms with Crippen LogP contribution in [-0.2, 0) is 0 Å². The molecular weight excluding hydrogens is 114 g/mol. The summed E-state index contributed by atoms with van der Waals surface area (Å²) in [5.74, 6) is 0. The molecule has 0 aliphatic heterocycles. The van der Waals surface area contributed by atoms with E-state index in [2.05, 4.69) is 0 Å². The van der Waals surface area contributed by atoms with Gasteiger partial charge in [-0.3, -0.25) is 0 Å². The minimum Gasteiger partial charge on any atom is -0.402 e. The van der Waals surface area contributed by atoms with E-state index in [0.717, 1.165) is 11.3 Å². The van der Waals surface area contributed by atoms with Gasteiger partial charge in [0.05, 0.1) is 6.10 Å². The summed E-state index contributed by atoms with van der Waals surface area (Å²) in [7, 11) is 0. The second kappa shape index (κ2) is 2.23. The molecule has 9 heavy (non-hydrogen) atoms. The summed E-state index contributed by atoms with van der Waals surface area (Å²) in [6.45, 7) is 1.90. The minimum atomic E-state index is -0.352. The topological polar surface area (TPSA) is 46.2 Å². The first kappa shape index (κ1) is 6.36. The van der Waals surface area contributed by atoms with Gasteiger partial charge in [0.2, 0.25) is 0 Å². The molecule has 2 nitrogen and oxygen atoms in total. The van der Waals surface area contributed by atoms with Crippen LogP contribution in [0.3, 0.4) is 0 Å². The van der Waals surface area contributed by atoms with Crippen LogP contribution in [0.5, 0.6) is 0 Å². The summed E-state index contributed by atoms with van der Waals surface area (Å²) < 4.78 is 0. The van der Waals surface area contributed by atoms with Crippen LogP contribution in [0.4, 0.5) is 0 Å². The number of aliphatic hydroxyl groups is 1. The highest BCUT2D eigenvalue weighted by atomic mass is 16.3. The van der Waals surface area contributed by atoms with E-state index in [1.54, 1.807) is 0 Å². The average Bonchev–Trinajstić information content (AvgIpc) is 1.80. The first-order chi connectivity index (χ1) is 4.20. The van der Waals surface area contributed by atoms with Crippen LogP contribution in [-0.4, -0.2) is 11.2 Å². The van der Waals surface area contributed by atoms with Gasteiger partial charge in [-0.15, -0.1) is 0 Å². The largest absolute Gasteiger partial charge is 0.402 e. The maximum Gasteiger partial charge on any atom is 0.0804 e. The van der Waals surface area contributed by atoms with Crippen molar-refractivity contribution in [2.24, 2.45) is 5.73 Å². The van der Waals surface area contributed by atoms with Gasteiger partial charge in [-0.05, 0) is 18.6 Å². The summed E-state index contributed by atoms with van der Waals surface area (Å²) >= 11 is 0. The van der Waals surface area contributed by atoms with Crippen LogP contribution >= 0.6 is 0 Å². The molecule has 0 heterocycles. The molecule has 1 rings (SSSR count). The maximum atomic E-state index is 9.16. The molecule has 0 fully saturated rings. The maximum absolute atomic E-state index is 9.16. The highest BCUT2D eigenvalue weighted by molar-refractivity contribution is 5.24. The SMILES string of the molecule is CC1=CC=C(N)CC1O. The molecule has 1 aliphatic rings. The van der Waals surface area contributed by atoms with Crippen LogP contribution in [0, 0.1) is 0 Å². The fourth-order valence-corrected chi connectivity index (χ4v) is 0.802. The number of hydrogen-bond acceptors (Lipinski definition) is 2. The van der Waals surface area contributed by atoms with Crippen molar-refractivity contribution >= 4 is 0 Å². The smallest absolute Gasteiger partial charge is 0.0804 e. The van der Waals surface area contributed by atoms with Gasteiger partial charge in [0.15, 0.2) is 0 Å². The Bertz CT molecular complexity index is 170. The highest BCUT2D eigenvalue weighted by Gasteiger charge is 2.09. The minimum absolute atomic E-state index is 0.352. The molecule has 0 aromatic carbocycles. The second-order valence-corrected chi connectivity index (χ2v) is 2.37. The van der Waals surface area contributed by atoms with E-state index in [-0.39, 0.29) is 6.10 Å². The first-order valence-corrected chi connectivity index (χ1v) is 3.01. The highest BCUT2D eigenvalue weighted by Crippen LogP contribution is 2.14. The average molecular weight is 125 g/mol. The van der Waals surface area contributed by atoms with Gasteiger partial charge in [0.25, 0.3) is 0 Å². The number of rotatable bonds is 0. The summed E-state index contributed by atoms with van der Waals surface area (Å²) in [5, 5.41) is 9.16. The molecular formula is C7H11NO.